The molecule has 0 unspecified atom stereocenters. The summed E-state index contributed by atoms with van der Waals surface area (Å²) in [6.07, 6.45) is 0. The molecule has 0 radical (unpaired) electrons. The van der Waals surface area contributed by atoms with Gasteiger partial charge >= 0.3 is 0 Å². The van der Waals surface area contributed by atoms with Crippen molar-refractivity contribution in [2.75, 3.05) is 26.3 Å². The summed E-state index contributed by atoms with van der Waals surface area (Å²) in [6.45, 7) is 7.26. The molecule has 0 saturated carbocycles. The molecule has 1 fully saturated rings. The largest absolute Gasteiger partial charge is 0.486 e. The summed E-state index contributed by atoms with van der Waals surface area (Å²) in [5, 5.41) is 5.97. The van der Waals surface area contributed by atoms with Crippen LogP contribution < -0.4 is 10.1 Å². The zero-order chi connectivity index (χ0) is 21.5. The number of aryl methyl sites for hydroxylation is 1. The Bertz CT molecular complexity index is 997. The van der Waals surface area contributed by atoms with Crippen molar-refractivity contribution in [1.82, 2.24) is 15.2 Å². The molecular weight excluding hydrogens is 410 g/mol. The van der Waals surface area contributed by atoms with Crippen LogP contribution >= 0.6 is 11.3 Å². The number of nitrogens with one attached hydrogen (secondary N) is 1. The highest BCUT2D eigenvalue weighted by molar-refractivity contribution is 7.09. The topological polar surface area (TPSA) is 63.7 Å². The van der Waals surface area contributed by atoms with Gasteiger partial charge in [0, 0.05) is 31.6 Å². The van der Waals surface area contributed by atoms with E-state index in [9.17, 15) is 4.79 Å². The van der Waals surface area contributed by atoms with E-state index in [0.717, 1.165) is 49.1 Å². The number of morpholine rings is 1. The highest BCUT2D eigenvalue weighted by Crippen LogP contribution is 2.20. The number of aromatic nitrogens is 1. The third-order valence-corrected chi connectivity index (χ3v) is 5.98. The second-order valence-electron chi connectivity index (χ2n) is 7.53. The quantitative estimate of drug-likeness (QED) is 0.581. The molecule has 7 heteroatoms. The number of hydrogen-bond acceptors (Lipinski definition) is 6. The van der Waals surface area contributed by atoms with Gasteiger partial charge in [-0.3, -0.25) is 9.69 Å². The molecule has 0 spiro atoms. The van der Waals surface area contributed by atoms with Gasteiger partial charge in [0.25, 0.3) is 5.91 Å². The molecule has 0 atom stereocenters. The number of carbonyl (C=O) groups excluding carboxylic acids is 1. The minimum atomic E-state index is -0.151. The molecule has 1 amide bonds. The molecule has 1 aliphatic rings. The lowest BCUT2D eigenvalue weighted by Gasteiger charge is -2.26. The van der Waals surface area contributed by atoms with E-state index < -0.39 is 0 Å². The SMILES string of the molecule is Cc1nc(COc2ccccc2C(=O)NCc2ccc(CN3CCOCC3)cc2)cs1. The van der Waals surface area contributed by atoms with Gasteiger partial charge in [0.2, 0.25) is 0 Å². The predicted octanol–water partition coefficient (Wildman–Crippen LogP) is 3.79. The second-order valence-corrected chi connectivity index (χ2v) is 8.59. The minimum absolute atomic E-state index is 0.151. The van der Waals surface area contributed by atoms with Crippen LogP contribution in [-0.4, -0.2) is 42.1 Å². The van der Waals surface area contributed by atoms with Crippen LogP contribution in [0.15, 0.2) is 53.9 Å². The molecule has 2 aromatic carbocycles. The van der Waals surface area contributed by atoms with Crippen LogP contribution in [0.4, 0.5) is 0 Å². The lowest BCUT2D eigenvalue weighted by atomic mass is 10.1. The molecule has 6 nitrogen and oxygen atoms in total. The van der Waals surface area contributed by atoms with E-state index in [2.05, 4.69) is 39.5 Å². The molecule has 1 saturated heterocycles. The minimum Gasteiger partial charge on any atom is -0.486 e. The maximum Gasteiger partial charge on any atom is 0.255 e. The summed E-state index contributed by atoms with van der Waals surface area (Å²) in [5.74, 6) is 0.411. The maximum absolute atomic E-state index is 12.8. The molecule has 1 aliphatic heterocycles. The average molecular weight is 438 g/mol. The number of ether oxygens (including phenoxy) is 2. The summed E-state index contributed by atoms with van der Waals surface area (Å²) in [6, 6.07) is 15.7. The monoisotopic (exact) mass is 437 g/mol. The second kappa shape index (κ2) is 10.5. The lowest BCUT2D eigenvalue weighted by molar-refractivity contribution is 0.0342. The number of amides is 1. The zero-order valence-corrected chi connectivity index (χ0v) is 18.5. The van der Waals surface area contributed by atoms with Gasteiger partial charge < -0.3 is 14.8 Å². The van der Waals surface area contributed by atoms with Crippen LogP contribution in [0.25, 0.3) is 0 Å². The fourth-order valence-corrected chi connectivity index (χ4v) is 4.06. The van der Waals surface area contributed by atoms with E-state index in [-0.39, 0.29) is 5.91 Å². The molecule has 2 heterocycles. The van der Waals surface area contributed by atoms with Crippen molar-refractivity contribution >= 4 is 17.2 Å². The van der Waals surface area contributed by atoms with Crippen LogP contribution in [0, 0.1) is 6.92 Å². The van der Waals surface area contributed by atoms with E-state index in [1.807, 2.05) is 30.5 Å². The summed E-state index contributed by atoms with van der Waals surface area (Å²) in [4.78, 5) is 19.6. The molecule has 31 heavy (non-hydrogen) atoms. The summed E-state index contributed by atoms with van der Waals surface area (Å²) < 4.78 is 11.3. The first-order chi connectivity index (χ1) is 15.2. The fraction of sp³-hybridized carbons (Fsp3) is 0.333. The van der Waals surface area contributed by atoms with Crippen molar-refractivity contribution < 1.29 is 14.3 Å². The van der Waals surface area contributed by atoms with Gasteiger partial charge in [-0.05, 0) is 30.2 Å². The molecule has 0 bridgehead atoms. The Labute approximate surface area is 186 Å². The predicted molar refractivity (Wildman–Crippen MR) is 121 cm³/mol. The first-order valence-corrected chi connectivity index (χ1v) is 11.3. The summed E-state index contributed by atoms with van der Waals surface area (Å²) in [5.41, 5.74) is 3.73. The van der Waals surface area contributed by atoms with Crippen LogP contribution in [0.1, 0.15) is 32.2 Å². The molecular formula is C24H27N3O3S. The summed E-state index contributed by atoms with van der Waals surface area (Å²) in [7, 11) is 0. The van der Waals surface area contributed by atoms with E-state index in [4.69, 9.17) is 9.47 Å². The van der Waals surface area contributed by atoms with Gasteiger partial charge in [-0.1, -0.05) is 36.4 Å². The van der Waals surface area contributed by atoms with Gasteiger partial charge in [-0.2, -0.15) is 0 Å². The van der Waals surface area contributed by atoms with Gasteiger partial charge in [0.15, 0.2) is 0 Å². The normalized spacial score (nSPS) is 14.4. The highest BCUT2D eigenvalue weighted by Gasteiger charge is 2.13. The third kappa shape index (κ3) is 6.13. The number of rotatable bonds is 8. The van der Waals surface area contributed by atoms with Gasteiger partial charge in [0.1, 0.15) is 12.4 Å². The number of benzene rings is 2. The highest BCUT2D eigenvalue weighted by atomic mass is 32.1. The molecule has 0 aliphatic carbocycles. The Kier molecular flexibility index (Phi) is 7.30. The fourth-order valence-electron chi connectivity index (χ4n) is 3.46. The average Bonchev–Trinajstić information content (AvgIpc) is 3.23. The molecule has 3 aromatic rings. The standard InChI is InChI=1S/C24H27N3O3S/c1-18-26-21(17-31-18)16-30-23-5-3-2-4-22(23)24(28)25-14-19-6-8-20(9-7-19)15-27-10-12-29-13-11-27/h2-9,17H,10-16H2,1H3,(H,25,28). The first kappa shape index (κ1) is 21.5. The van der Waals surface area contributed by atoms with E-state index in [0.29, 0.717) is 24.5 Å². The van der Waals surface area contributed by atoms with Crippen molar-refractivity contribution in [1.29, 1.82) is 0 Å². The zero-order valence-electron chi connectivity index (χ0n) is 17.7. The number of thiazole rings is 1. The lowest BCUT2D eigenvalue weighted by Crippen LogP contribution is -2.35. The number of para-hydroxylation sites is 1. The first-order valence-electron chi connectivity index (χ1n) is 10.5. The smallest absolute Gasteiger partial charge is 0.255 e. The summed E-state index contributed by atoms with van der Waals surface area (Å²) >= 11 is 1.59. The van der Waals surface area contributed by atoms with E-state index in [1.54, 1.807) is 17.4 Å². The van der Waals surface area contributed by atoms with Crippen LogP contribution in [-0.2, 0) is 24.4 Å². The maximum atomic E-state index is 12.8. The van der Waals surface area contributed by atoms with Gasteiger partial charge in [-0.25, -0.2) is 4.98 Å². The molecule has 1 aromatic heterocycles. The Morgan fingerprint density at radius 2 is 1.87 bits per heavy atom. The Morgan fingerprint density at radius 3 is 2.61 bits per heavy atom. The Morgan fingerprint density at radius 1 is 1.13 bits per heavy atom. The van der Waals surface area contributed by atoms with Crippen molar-refractivity contribution in [2.45, 2.75) is 26.6 Å². The Hall–Kier alpha value is -2.74. The third-order valence-electron chi connectivity index (χ3n) is 5.16. The number of hydrogen-bond donors (Lipinski definition) is 1. The van der Waals surface area contributed by atoms with E-state index >= 15 is 0 Å². The van der Waals surface area contributed by atoms with Crippen LogP contribution in [0.5, 0.6) is 5.75 Å². The van der Waals surface area contributed by atoms with Crippen molar-refractivity contribution in [3.05, 3.63) is 81.3 Å². The molecule has 4 rings (SSSR count). The molecule has 162 valence electrons. The Balaban J connectivity index is 1.31. The van der Waals surface area contributed by atoms with E-state index in [1.165, 1.54) is 5.56 Å². The number of nitrogens with zero attached hydrogens (tertiary/aromatic N) is 2. The van der Waals surface area contributed by atoms with Gasteiger partial charge in [0.05, 0.1) is 29.5 Å². The van der Waals surface area contributed by atoms with Crippen molar-refractivity contribution in [2.24, 2.45) is 0 Å². The number of carbonyl (C=O) groups is 1. The van der Waals surface area contributed by atoms with Crippen molar-refractivity contribution in [3.63, 3.8) is 0 Å². The molecule has 1 N–H and O–H groups in total. The van der Waals surface area contributed by atoms with Crippen LogP contribution in [0.2, 0.25) is 0 Å². The van der Waals surface area contributed by atoms with Crippen molar-refractivity contribution in [3.8, 4) is 5.75 Å². The van der Waals surface area contributed by atoms with Gasteiger partial charge in [-0.15, -0.1) is 11.3 Å². The van der Waals surface area contributed by atoms with Crippen LogP contribution in [0.3, 0.4) is 0 Å².